The lowest BCUT2D eigenvalue weighted by Gasteiger charge is -2.30. The molecule has 2 aliphatic rings. The van der Waals surface area contributed by atoms with Crippen molar-refractivity contribution in [1.29, 1.82) is 0 Å². The highest BCUT2D eigenvalue weighted by molar-refractivity contribution is 8.00. The van der Waals surface area contributed by atoms with Crippen LogP contribution in [0, 0.1) is 0 Å². The number of amides is 1. The SMILES string of the molecule is O=C1CCSc2ccc(S(=O)(=O)N3CCSc4ccccc43)cc2N1. The number of fused-ring (bicyclic) bond motifs is 2. The number of benzene rings is 2. The average Bonchev–Trinajstić information content (AvgIpc) is 2.81. The van der Waals surface area contributed by atoms with Crippen molar-refractivity contribution in [3.63, 3.8) is 0 Å². The molecule has 2 heterocycles. The van der Waals surface area contributed by atoms with E-state index in [1.165, 1.54) is 4.31 Å². The van der Waals surface area contributed by atoms with Crippen molar-refractivity contribution in [3.05, 3.63) is 42.5 Å². The van der Waals surface area contributed by atoms with Gasteiger partial charge in [-0.15, -0.1) is 23.5 Å². The van der Waals surface area contributed by atoms with E-state index >= 15 is 0 Å². The molecule has 2 aromatic carbocycles. The van der Waals surface area contributed by atoms with E-state index in [1.807, 2.05) is 24.3 Å². The zero-order chi connectivity index (χ0) is 17.4. The first-order chi connectivity index (χ1) is 12.1. The van der Waals surface area contributed by atoms with Gasteiger partial charge in [0.15, 0.2) is 0 Å². The quantitative estimate of drug-likeness (QED) is 0.848. The van der Waals surface area contributed by atoms with Crippen molar-refractivity contribution < 1.29 is 13.2 Å². The predicted octanol–water partition coefficient (Wildman–Crippen LogP) is 3.42. The fourth-order valence-corrected chi connectivity index (χ4v) is 6.50. The molecule has 0 radical (unpaired) electrons. The van der Waals surface area contributed by atoms with Crippen LogP contribution in [0.15, 0.2) is 57.2 Å². The number of rotatable bonds is 2. The highest BCUT2D eigenvalue weighted by Crippen LogP contribution is 2.39. The summed E-state index contributed by atoms with van der Waals surface area (Å²) in [4.78, 5) is 13.9. The summed E-state index contributed by atoms with van der Waals surface area (Å²) in [7, 11) is -3.68. The van der Waals surface area contributed by atoms with Crippen LogP contribution in [0.4, 0.5) is 11.4 Å². The first-order valence-corrected chi connectivity index (χ1v) is 11.3. The van der Waals surface area contributed by atoms with E-state index in [4.69, 9.17) is 0 Å². The molecule has 0 saturated heterocycles. The van der Waals surface area contributed by atoms with Crippen LogP contribution < -0.4 is 9.62 Å². The standard InChI is InChI=1S/C17H16N2O3S3/c20-17-7-9-23-15-6-5-12(11-13(15)18-17)25(21,22)19-8-10-24-16-4-2-1-3-14(16)19/h1-6,11H,7-10H2,(H,18,20). The highest BCUT2D eigenvalue weighted by Gasteiger charge is 2.30. The minimum atomic E-state index is -3.68. The normalized spacial score (nSPS) is 17.3. The van der Waals surface area contributed by atoms with Crippen LogP contribution in [0.25, 0.3) is 0 Å². The summed E-state index contributed by atoms with van der Waals surface area (Å²) in [6, 6.07) is 12.5. The molecule has 1 N–H and O–H groups in total. The molecule has 25 heavy (non-hydrogen) atoms. The van der Waals surface area contributed by atoms with Crippen LogP contribution in [0.2, 0.25) is 0 Å². The summed E-state index contributed by atoms with van der Waals surface area (Å²) in [5.41, 5.74) is 1.29. The molecule has 5 nitrogen and oxygen atoms in total. The van der Waals surface area contributed by atoms with Gasteiger partial charge in [-0.05, 0) is 30.3 Å². The lowest BCUT2D eigenvalue weighted by Crippen LogP contribution is -2.35. The molecule has 130 valence electrons. The molecule has 0 bridgehead atoms. The molecule has 0 aliphatic carbocycles. The van der Waals surface area contributed by atoms with Gasteiger partial charge in [0.1, 0.15) is 0 Å². The summed E-state index contributed by atoms with van der Waals surface area (Å²) >= 11 is 3.22. The van der Waals surface area contributed by atoms with E-state index in [2.05, 4.69) is 5.32 Å². The highest BCUT2D eigenvalue weighted by atomic mass is 32.2. The van der Waals surface area contributed by atoms with Gasteiger partial charge in [0.25, 0.3) is 10.0 Å². The Bertz CT molecular complexity index is 944. The van der Waals surface area contributed by atoms with E-state index in [-0.39, 0.29) is 10.8 Å². The second-order valence-corrected chi connectivity index (χ2v) is 9.83. The summed E-state index contributed by atoms with van der Waals surface area (Å²) in [6.07, 6.45) is 0.429. The number of anilines is 2. The van der Waals surface area contributed by atoms with Crippen molar-refractivity contribution in [2.75, 3.05) is 27.7 Å². The van der Waals surface area contributed by atoms with Gasteiger partial charge in [0.05, 0.1) is 16.3 Å². The molecule has 0 aromatic heterocycles. The van der Waals surface area contributed by atoms with Crippen molar-refractivity contribution in [2.24, 2.45) is 0 Å². The first kappa shape index (κ1) is 16.8. The number of hydrogen-bond acceptors (Lipinski definition) is 5. The van der Waals surface area contributed by atoms with Crippen LogP contribution in [0.3, 0.4) is 0 Å². The number of hydrogen-bond donors (Lipinski definition) is 1. The number of nitrogens with one attached hydrogen (secondary N) is 1. The zero-order valence-electron chi connectivity index (χ0n) is 13.3. The number of sulfonamides is 1. The summed E-state index contributed by atoms with van der Waals surface area (Å²) in [6.45, 7) is 0.433. The molecule has 0 unspecified atom stereocenters. The Kier molecular flexibility index (Phi) is 4.43. The van der Waals surface area contributed by atoms with Crippen molar-refractivity contribution in [2.45, 2.75) is 21.1 Å². The number of carbonyl (C=O) groups excluding carboxylic acids is 1. The second-order valence-electron chi connectivity index (χ2n) is 5.70. The minimum Gasteiger partial charge on any atom is -0.325 e. The van der Waals surface area contributed by atoms with Crippen LogP contribution in [-0.4, -0.2) is 32.4 Å². The fraction of sp³-hybridized carbons (Fsp3) is 0.235. The van der Waals surface area contributed by atoms with Gasteiger partial charge in [-0.2, -0.15) is 0 Å². The zero-order valence-corrected chi connectivity index (χ0v) is 15.7. The molecule has 0 spiro atoms. The molecule has 1 amide bonds. The maximum Gasteiger partial charge on any atom is 0.264 e. The van der Waals surface area contributed by atoms with Crippen molar-refractivity contribution >= 4 is 50.8 Å². The van der Waals surface area contributed by atoms with E-state index in [9.17, 15) is 13.2 Å². The van der Waals surface area contributed by atoms with Crippen LogP contribution in [-0.2, 0) is 14.8 Å². The molecule has 0 saturated carbocycles. The fourth-order valence-electron chi connectivity index (χ4n) is 2.88. The van der Waals surface area contributed by atoms with Gasteiger partial charge >= 0.3 is 0 Å². The summed E-state index contributed by atoms with van der Waals surface area (Å²) in [5.74, 6) is 1.33. The van der Waals surface area contributed by atoms with E-state index in [1.54, 1.807) is 41.7 Å². The molecule has 4 rings (SSSR count). The van der Waals surface area contributed by atoms with Crippen LogP contribution in [0.1, 0.15) is 6.42 Å². The molecule has 0 atom stereocenters. The smallest absolute Gasteiger partial charge is 0.264 e. The number of thioether (sulfide) groups is 2. The minimum absolute atomic E-state index is 0.0829. The third kappa shape index (κ3) is 3.14. The Hall–Kier alpha value is -1.64. The third-order valence-electron chi connectivity index (χ3n) is 4.09. The van der Waals surface area contributed by atoms with Gasteiger partial charge in [0.2, 0.25) is 5.91 Å². The Morgan fingerprint density at radius 3 is 2.68 bits per heavy atom. The van der Waals surface area contributed by atoms with E-state index in [0.717, 1.165) is 9.79 Å². The van der Waals surface area contributed by atoms with Crippen molar-refractivity contribution in [3.8, 4) is 0 Å². The van der Waals surface area contributed by atoms with Gasteiger partial charge in [0, 0.05) is 34.3 Å². The second kappa shape index (κ2) is 6.59. The Morgan fingerprint density at radius 1 is 1.00 bits per heavy atom. The summed E-state index contributed by atoms with van der Waals surface area (Å²) in [5, 5.41) is 2.81. The molecule has 2 aromatic rings. The average molecular weight is 393 g/mol. The molecule has 0 fully saturated rings. The van der Waals surface area contributed by atoms with Gasteiger partial charge in [-0.3, -0.25) is 9.10 Å². The van der Waals surface area contributed by atoms with Crippen LogP contribution >= 0.6 is 23.5 Å². The maximum absolute atomic E-state index is 13.2. The van der Waals surface area contributed by atoms with Gasteiger partial charge < -0.3 is 5.32 Å². The van der Waals surface area contributed by atoms with E-state index < -0.39 is 10.0 Å². The molecule has 8 heteroatoms. The molecular weight excluding hydrogens is 376 g/mol. The topological polar surface area (TPSA) is 66.5 Å². The Labute approximate surface area is 155 Å². The summed E-state index contributed by atoms with van der Waals surface area (Å²) < 4.78 is 27.9. The number of para-hydroxylation sites is 1. The number of nitrogens with zero attached hydrogens (tertiary/aromatic N) is 1. The Balaban J connectivity index is 1.76. The Morgan fingerprint density at radius 2 is 1.80 bits per heavy atom. The van der Waals surface area contributed by atoms with Crippen LogP contribution in [0.5, 0.6) is 0 Å². The van der Waals surface area contributed by atoms with Gasteiger partial charge in [-0.1, -0.05) is 12.1 Å². The largest absolute Gasteiger partial charge is 0.325 e. The third-order valence-corrected chi connectivity index (χ3v) is 8.01. The monoisotopic (exact) mass is 392 g/mol. The predicted molar refractivity (Wildman–Crippen MR) is 102 cm³/mol. The lowest BCUT2D eigenvalue weighted by molar-refractivity contribution is -0.115. The molecular formula is C17H16N2O3S3. The first-order valence-electron chi connectivity index (χ1n) is 7.87. The maximum atomic E-state index is 13.2. The number of carbonyl (C=O) groups is 1. The lowest BCUT2D eigenvalue weighted by atomic mass is 10.3. The van der Waals surface area contributed by atoms with E-state index in [0.29, 0.717) is 35.8 Å². The molecule has 2 aliphatic heterocycles. The van der Waals surface area contributed by atoms with Crippen molar-refractivity contribution in [1.82, 2.24) is 0 Å². The van der Waals surface area contributed by atoms with Gasteiger partial charge in [-0.25, -0.2) is 8.42 Å².